The zero-order valence-electron chi connectivity index (χ0n) is 11.2. The summed E-state index contributed by atoms with van der Waals surface area (Å²) in [4.78, 5) is 7.94. The zero-order valence-corrected chi connectivity index (χ0v) is 12.0. The van der Waals surface area contributed by atoms with E-state index in [4.69, 9.17) is 9.47 Å². The monoisotopic (exact) mass is 284 g/mol. The van der Waals surface area contributed by atoms with E-state index in [0.29, 0.717) is 18.8 Å². The second-order valence-corrected chi connectivity index (χ2v) is 6.12. The summed E-state index contributed by atoms with van der Waals surface area (Å²) in [5.74, 6) is 0. The molecule has 19 heavy (non-hydrogen) atoms. The number of thiazole rings is 1. The summed E-state index contributed by atoms with van der Waals surface area (Å²) in [5, 5.41) is 10.4. The summed E-state index contributed by atoms with van der Waals surface area (Å²) < 4.78 is 11.0. The summed E-state index contributed by atoms with van der Waals surface area (Å²) in [6, 6.07) is 0.460. The third-order valence-electron chi connectivity index (χ3n) is 3.92. The minimum absolute atomic E-state index is 0.0365. The number of aliphatic hydroxyl groups is 1. The van der Waals surface area contributed by atoms with Crippen molar-refractivity contribution >= 4 is 16.5 Å². The molecule has 2 atom stereocenters. The molecule has 0 aromatic carbocycles. The normalized spacial score (nSPS) is 26.7. The van der Waals surface area contributed by atoms with Crippen LogP contribution in [0.3, 0.4) is 0 Å². The van der Waals surface area contributed by atoms with Crippen LogP contribution in [-0.4, -0.2) is 42.5 Å². The van der Waals surface area contributed by atoms with E-state index >= 15 is 0 Å². The largest absolute Gasteiger partial charge is 0.391 e. The molecule has 1 aliphatic heterocycles. The fraction of sp³-hybridized carbons (Fsp3) is 0.769. The van der Waals surface area contributed by atoms with Crippen LogP contribution in [0.2, 0.25) is 0 Å². The first-order chi connectivity index (χ1) is 9.33. The Kier molecular flexibility index (Phi) is 4.02. The second-order valence-electron chi connectivity index (χ2n) is 5.06. The highest BCUT2D eigenvalue weighted by atomic mass is 32.1. The number of aromatic nitrogens is 1. The minimum Gasteiger partial charge on any atom is -0.391 e. The third kappa shape index (κ3) is 2.50. The number of anilines is 1. The molecule has 0 amide bonds. The van der Waals surface area contributed by atoms with Crippen LogP contribution in [0.25, 0.3) is 0 Å². The molecule has 2 fully saturated rings. The molecule has 5 nitrogen and oxygen atoms in total. The molecule has 1 aromatic rings. The number of ether oxygens (including phenoxy) is 2. The van der Waals surface area contributed by atoms with E-state index in [1.807, 2.05) is 0 Å². The van der Waals surface area contributed by atoms with Crippen molar-refractivity contribution in [1.82, 2.24) is 4.98 Å². The predicted molar refractivity (Wildman–Crippen MR) is 73.5 cm³/mol. The molecule has 1 saturated carbocycles. The predicted octanol–water partition coefficient (Wildman–Crippen LogP) is 1.54. The Hall–Kier alpha value is -0.690. The Labute approximate surface area is 117 Å². The van der Waals surface area contributed by atoms with Gasteiger partial charge in [0.05, 0.1) is 42.5 Å². The molecule has 2 heterocycles. The topological polar surface area (TPSA) is 54.8 Å². The summed E-state index contributed by atoms with van der Waals surface area (Å²) in [6.07, 6.45) is 3.93. The van der Waals surface area contributed by atoms with Gasteiger partial charge in [-0.3, -0.25) is 0 Å². The maximum atomic E-state index is 9.42. The third-order valence-corrected chi connectivity index (χ3v) is 5.04. The quantitative estimate of drug-likeness (QED) is 0.909. The molecule has 0 spiro atoms. The van der Waals surface area contributed by atoms with Crippen LogP contribution in [-0.2, 0) is 22.7 Å². The molecule has 2 aliphatic rings. The number of morpholine rings is 1. The first-order valence-corrected chi connectivity index (χ1v) is 7.61. The maximum Gasteiger partial charge on any atom is 0.186 e. The number of nitrogens with zero attached hydrogens (tertiary/aromatic N) is 2. The lowest BCUT2D eigenvalue weighted by Crippen LogP contribution is -2.48. The van der Waals surface area contributed by atoms with Crippen LogP contribution >= 0.6 is 11.3 Å². The number of methoxy groups -OCH3 is 1. The van der Waals surface area contributed by atoms with Crippen LogP contribution in [0.15, 0.2) is 0 Å². The zero-order chi connectivity index (χ0) is 13.2. The van der Waals surface area contributed by atoms with Gasteiger partial charge in [-0.05, 0) is 19.3 Å². The van der Waals surface area contributed by atoms with Crippen LogP contribution in [0.4, 0.5) is 5.13 Å². The average Bonchev–Trinajstić information content (AvgIpc) is 3.04. The van der Waals surface area contributed by atoms with Gasteiger partial charge in [0.2, 0.25) is 0 Å². The van der Waals surface area contributed by atoms with E-state index in [-0.39, 0.29) is 6.61 Å². The van der Waals surface area contributed by atoms with E-state index in [9.17, 15) is 5.11 Å². The molecule has 1 N–H and O–H groups in total. The van der Waals surface area contributed by atoms with E-state index in [2.05, 4.69) is 9.88 Å². The molecule has 2 unspecified atom stereocenters. The first kappa shape index (κ1) is 13.3. The van der Waals surface area contributed by atoms with Crippen LogP contribution in [0.5, 0.6) is 0 Å². The summed E-state index contributed by atoms with van der Waals surface area (Å²) in [5.41, 5.74) is 0.867. The highest BCUT2D eigenvalue weighted by Crippen LogP contribution is 2.36. The van der Waals surface area contributed by atoms with Gasteiger partial charge in [-0.2, -0.15) is 0 Å². The van der Waals surface area contributed by atoms with Gasteiger partial charge in [0.1, 0.15) is 0 Å². The van der Waals surface area contributed by atoms with Gasteiger partial charge in [-0.25, -0.2) is 4.98 Å². The van der Waals surface area contributed by atoms with Gasteiger partial charge in [0.15, 0.2) is 5.13 Å². The van der Waals surface area contributed by atoms with Crippen molar-refractivity contribution in [1.29, 1.82) is 0 Å². The SMILES string of the molecule is COCc1nc(N2CCOC3CCCC32)sc1CO. The smallest absolute Gasteiger partial charge is 0.186 e. The molecule has 3 rings (SSSR count). The fourth-order valence-electron chi connectivity index (χ4n) is 3.03. The van der Waals surface area contributed by atoms with Gasteiger partial charge >= 0.3 is 0 Å². The standard InChI is InChI=1S/C13H20N2O3S/c1-17-8-9-12(7-16)19-13(14-9)15-5-6-18-11-4-2-3-10(11)15/h10-11,16H,2-8H2,1H3. The number of aliphatic hydroxyl groups excluding tert-OH is 1. The van der Waals surface area contributed by atoms with E-state index in [0.717, 1.165) is 35.3 Å². The van der Waals surface area contributed by atoms with Crippen LogP contribution in [0.1, 0.15) is 29.8 Å². The van der Waals surface area contributed by atoms with Gasteiger partial charge < -0.3 is 19.5 Å². The Morgan fingerprint density at radius 1 is 1.53 bits per heavy atom. The average molecular weight is 284 g/mol. The Balaban J connectivity index is 1.84. The molecule has 0 radical (unpaired) electrons. The maximum absolute atomic E-state index is 9.42. The Morgan fingerprint density at radius 2 is 2.42 bits per heavy atom. The van der Waals surface area contributed by atoms with Crippen molar-refractivity contribution in [2.45, 2.75) is 44.6 Å². The molecule has 1 aromatic heterocycles. The van der Waals surface area contributed by atoms with Gasteiger partial charge in [-0.15, -0.1) is 0 Å². The lowest BCUT2D eigenvalue weighted by molar-refractivity contribution is 0.0256. The van der Waals surface area contributed by atoms with E-state index in [1.54, 1.807) is 18.4 Å². The highest BCUT2D eigenvalue weighted by molar-refractivity contribution is 7.15. The van der Waals surface area contributed by atoms with Crippen molar-refractivity contribution in [3.63, 3.8) is 0 Å². The summed E-state index contributed by atoms with van der Waals surface area (Å²) in [6.45, 7) is 2.17. The minimum atomic E-state index is 0.0365. The first-order valence-electron chi connectivity index (χ1n) is 6.80. The fourth-order valence-corrected chi connectivity index (χ4v) is 4.04. The summed E-state index contributed by atoms with van der Waals surface area (Å²) >= 11 is 1.58. The molecular weight excluding hydrogens is 264 g/mol. The van der Waals surface area contributed by atoms with Crippen molar-refractivity contribution in [2.24, 2.45) is 0 Å². The molecule has 1 aliphatic carbocycles. The Morgan fingerprint density at radius 3 is 3.21 bits per heavy atom. The molecule has 106 valence electrons. The molecule has 1 saturated heterocycles. The highest BCUT2D eigenvalue weighted by Gasteiger charge is 2.37. The van der Waals surface area contributed by atoms with Crippen molar-refractivity contribution in [2.75, 3.05) is 25.2 Å². The molecule has 0 bridgehead atoms. The lowest BCUT2D eigenvalue weighted by Gasteiger charge is -2.37. The van der Waals surface area contributed by atoms with Gasteiger partial charge in [0, 0.05) is 13.7 Å². The van der Waals surface area contributed by atoms with E-state index in [1.165, 1.54) is 12.8 Å². The number of hydrogen-bond acceptors (Lipinski definition) is 6. The van der Waals surface area contributed by atoms with E-state index < -0.39 is 0 Å². The van der Waals surface area contributed by atoms with Crippen molar-refractivity contribution < 1.29 is 14.6 Å². The second kappa shape index (κ2) is 5.75. The molecular formula is C13H20N2O3S. The van der Waals surface area contributed by atoms with Gasteiger partial charge in [0.25, 0.3) is 0 Å². The number of rotatable bonds is 4. The summed E-state index contributed by atoms with van der Waals surface area (Å²) in [7, 11) is 1.65. The molecule has 6 heteroatoms. The number of hydrogen-bond donors (Lipinski definition) is 1. The van der Waals surface area contributed by atoms with Crippen molar-refractivity contribution in [3.8, 4) is 0 Å². The van der Waals surface area contributed by atoms with Crippen LogP contribution in [0, 0.1) is 0 Å². The number of fused-ring (bicyclic) bond motifs is 1. The Bertz CT molecular complexity index is 438. The lowest BCUT2D eigenvalue weighted by atomic mass is 10.1. The van der Waals surface area contributed by atoms with Gasteiger partial charge in [-0.1, -0.05) is 11.3 Å². The van der Waals surface area contributed by atoms with Crippen LogP contribution < -0.4 is 4.90 Å². The van der Waals surface area contributed by atoms with Crippen molar-refractivity contribution in [3.05, 3.63) is 10.6 Å².